The molecule has 1 aliphatic rings. The van der Waals surface area contributed by atoms with Gasteiger partial charge in [0, 0.05) is 18.8 Å². The summed E-state index contributed by atoms with van der Waals surface area (Å²) < 4.78 is 4.94. The molecule has 1 aromatic rings. The Morgan fingerprint density at radius 2 is 1.59 bits per heavy atom. The number of aliphatic hydroxyl groups excluding tert-OH is 2. The second-order valence-corrected chi connectivity index (χ2v) is 3.30. The molecule has 0 aliphatic carbocycles. The van der Waals surface area contributed by atoms with Gasteiger partial charge in [0.05, 0.1) is 13.2 Å². The second-order valence-electron chi connectivity index (χ2n) is 3.30. The van der Waals surface area contributed by atoms with Crippen molar-refractivity contribution in [1.82, 2.24) is 0 Å². The first-order valence-corrected chi connectivity index (χ1v) is 5.64. The number of ether oxygens (including phenoxy) is 1. The van der Waals surface area contributed by atoms with Crippen molar-refractivity contribution >= 4 is 6.29 Å². The monoisotopic (exact) mass is 240 g/mol. The van der Waals surface area contributed by atoms with E-state index in [1.807, 2.05) is 18.2 Å². The maximum Gasteiger partial charge on any atom is 0.150 e. The van der Waals surface area contributed by atoms with Crippen LogP contribution < -0.4 is 0 Å². The molecule has 1 aromatic carbocycles. The molecule has 0 aromatic heterocycles. The van der Waals surface area contributed by atoms with E-state index in [2.05, 4.69) is 0 Å². The topological polar surface area (TPSA) is 66.8 Å². The summed E-state index contributed by atoms with van der Waals surface area (Å²) in [6, 6.07) is 9.10. The summed E-state index contributed by atoms with van der Waals surface area (Å²) in [5.74, 6) is 0. The zero-order valence-electron chi connectivity index (χ0n) is 9.92. The van der Waals surface area contributed by atoms with E-state index in [1.165, 1.54) is 12.8 Å². The van der Waals surface area contributed by atoms with Crippen molar-refractivity contribution in [3.05, 3.63) is 35.9 Å². The molecular weight excluding hydrogens is 220 g/mol. The smallest absolute Gasteiger partial charge is 0.150 e. The fourth-order valence-corrected chi connectivity index (χ4v) is 1.04. The quantitative estimate of drug-likeness (QED) is 0.764. The molecule has 0 radical (unpaired) electrons. The van der Waals surface area contributed by atoms with Crippen LogP contribution in [0, 0.1) is 0 Å². The van der Waals surface area contributed by atoms with E-state index in [0.29, 0.717) is 0 Å². The Kier molecular flexibility index (Phi) is 11.9. The number of rotatable bonds is 2. The van der Waals surface area contributed by atoms with Crippen LogP contribution in [0.4, 0.5) is 0 Å². The van der Waals surface area contributed by atoms with Gasteiger partial charge in [-0.15, -0.1) is 0 Å². The first-order valence-electron chi connectivity index (χ1n) is 5.64. The van der Waals surface area contributed by atoms with Crippen molar-refractivity contribution < 1.29 is 19.7 Å². The van der Waals surface area contributed by atoms with Crippen LogP contribution in [0.2, 0.25) is 0 Å². The second kappa shape index (κ2) is 12.8. The number of aldehydes is 1. The third-order valence-electron chi connectivity index (χ3n) is 1.86. The van der Waals surface area contributed by atoms with Crippen molar-refractivity contribution in [3.63, 3.8) is 0 Å². The van der Waals surface area contributed by atoms with Crippen molar-refractivity contribution in [2.75, 3.05) is 26.4 Å². The van der Waals surface area contributed by atoms with Gasteiger partial charge in [0.1, 0.15) is 6.29 Å². The summed E-state index contributed by atoms with van der Waals surface area (Å²) in [5, 5.41) is 15.2. The summed E-state index contributed by atoms with van der Waals surface area (Å²) >= 11 is 0. The van der Waals surface area contributed by atoms with Crippen LogP contribution in [0.15, 0.2) is 30.3 Å². The van der Waals surface area contributed by atoms with Gasteiger partial charge >= 0.3 is 0 Å². The highest BCUT2D eigenvalue weighted by atomic mass is 16.5. The summed E-state index contributed by atoms with van der Waals surface area (Å²) in [5.41, 5.74) is 0.729. The summed E-state index contributed by atoms with van der Waals surface area (Å²) in [6.45, 7) is 1.75. The highest BCUT2D eigenvalue weighted by Gasteiger charge is 1.94. The third-order valence-corrected chi connectivity index (χ3v) is 1.86. The Bertz CT molecular complexity index is 248. The highest BCUT2D eigenvalue weighted by Crippen LogP contribution is 1.98. The third kappa shape index (κ3) is 11.0. The van der Waals surface area contributed by atoms with Crippen LogP contribution >= 0.6 is 0 Å². The van der Waals surface area contributed by atoms with Crippen LogP contribution in [0.25, 0.3) is 0 Å². The van der Waals surface area contributed by atoms with E-state index < -0.39 is 0 Å². The minimum atomic E-state index is -0.125. The standard InChI is InChI=1S/C7H6O.C4H8O.C2H6O2/c8-6-7-4-2-1-3-5-7;1-2-4-5-3-1;3-1-2-4/h1-6H;1-4H2;3-4H,1-2H2. The van der Waals surface area contributed by atoms with E-state index in [9.17, 15) is 4.79 Å². The minimum Gasteiger partial charge on any atom is -0.394 e. The molecule has 2 rings (SSSR count). The van der Waals surface area contributed by atoms with Crippen LogP contribution in [-0.2, 0) is 4.74 Å². The lowest BCUT2D eigenvalue weighted by Crippen LogP contribution is -1.85. The maximum atomic E-state index is 10.0. The SMILES string of the molecule is C1CCOC1.O=Cc1ccccc1.OCCO. The first-order chi connectivity index (χ1) is 8.35. The number of aliphatic hydroxyl groups is 2. The molecule has 0 spiro atoms. The van der Waals surface area contributed by atoms with Crippen molar-refractivity contribution in [2.45, 2.75) is 12.8 Å². The fraction of sp³-hybridized carbons (Fsp3) is 0.462. The number of benzene rings is 1. The van der Waals surface area contributed by atoms with E-state index in [1.54, 1.807) is 12.1 Å². The molecule has 0 atom stereocenters. The van der Waals surface area contributed by atoms with Gasteiger partial charge in [-0.3, -0.25) is 4.79 Å². The molecule has 1 fully saturated rings. The lowest BCUT2D eigenvalue weighted by molar-refractivity contribution is 0.112. The zero-order chi connectivity index (χ0) is 12.8. The van der Waals surface area contributed by atoms with Gasteiger partial charge in [-0.1, -0.05) is 30.3 Å². The molecule has 4 nitrogen and oxygen atoms in total. The predicted octanol–water partition coefficient (Wildman–Crippen LogP) is 1.27. The van der Waals surface area contributed by atoms with Crippen molar-refractivity contribution in [3.8, 4) is 0 Å². The average Bonchev–Trinajstić information content (AvgIpc) is 2.99. The van der Waals surface area contributed by atoms with Gasteiger partial charge in [0.2, 0.25) is 0 Å². The van der Waals surface area contributed by atoms with Gasteiger partial charge in [-0.25, -0.2) is 0 Å². The lowest BCUT2D eigenvalue weighted by atomic mass is 10.2. The minimum absolute atomic E-state index is 0.125. The van der Waals surface area contributed by atoms with Gasteiger partial charge in [0.15, 0.2) is 0 Å². The number of carbonyl (C=O) groups is 1. The first kappa shape index (κ1) is 15.8. The van der Waals surface area contributed by atoms with Gasteiger partial charge in [-0.2, -0.15) is 0 Å². The van der Waals surface area contributed by atoms with E-state index in [-0.39, 0.29) is 13.2 Å². The Hall–Kier alpha value is -1.23. The van der Waals surface area contributed by atoms with E-state index in [4.69, 9.17) is 14.9 Å². The Morgan fingerprint density at radius 3 is 1.82 bits per heavy atom. The molecule has 0 amide bonds. The van der Waals surface area contributed by atoms with Gasteiger partial charge < -0.3 is 14.9 Å². The molecule has 0 saturated carbocycles. The van der Waals surface area contributed by atoms with Crippen LogP contribution in [0.3, 0.4) is 0 Å². The zero-order valence-corrected chi connectivity index (χ0v) is 9.92. The molecule has 17 heavy (non-hydrogen) atoms. The average molecular weight is 240 g/mol. The Morgan fingerprint density at radius 1 is 1.06 bits per heavy atom. The summed E-state index contributed by atoms with van der Waals surface area (Å²) in [7, 11) is 0. The van der Waals surface area contributed by atoms with Crippen molar-refractivity contribution in [1.29, 1.82) is 0 Å². The fourth-order valence-electron chi connectivity index (χ4n) is 1.04. The molecule has 1 heterocycles. The molecule has 0 unspecified atom stereocenters. The van der Waals surface area contributed by atoms with Gasteiger partial charge in [-0.05, 0) is 12.8 Å². The molecule has 4 heteroatoms. The largest absolute Gasteiger partial charge is 0.394 e. The normalized spacial score (nSPS) is 12.8. The molecule has 1 saturated heterocycles. The maximum absolute atomic E-state index is 10.0. The van der Waals surface area contributed by atoms with Crippen LogP contribution in [0.1, 0.15) is 23.2 Å². The Labute approximate surface area is 102 Å². The predicted molar refractivity (Wildman–Crippen MR) is 66.1 cm³/mol. The number of carbonyl (C=O) groups excluding carboxylic acids is 1. The van der Waals surface area contributed by atoms with Crippen LogP contribution in [0.5, 0.6) is 0 Å². The lowest BCUT2D eigenvalue weighted by Gasteiger charge is -1.81. The van der Waals surface area contributed by atoms with E-state index in [0.717, 1.165) is 25.1 Å². The summed E-state index contributed by atoms with van der Waals surface area (Å²) in [6.07, 6.45) is 3.39. The number of hydrogen-bond donors (Lipinski definition) is 2. The molecule has 2 N–H and O–H groups in total. The van der Waals surface area contributed by atoms with E-state index >= 15 is 0 Å². The van der Waals surface area contributed by atoms with Gasteiger partial charge in [0.25, 0.3) is 0 Å². The molecule has 96 valence electrons. The Balaban J connectivity index is 0.000000246. The van der Waals surface area contributed by atoms with Crippen molar-refractivity contribution in [2.24, 2.45) is 0 Å². The van der Waals surface area contributed by atoms with Crippen LogP contribution in [-0.4, -0.2) is 42.9 Å². The molecule has 0 bridgehead atoms. The molecule has 1 aliphatic heterocycles. The molecular formula is C13H20O4. The highest BCUT2D eigenvalue weighted by molar-refractivity contribution is 5.74. The summed E-state index contributed by atoms with van der Waals surface area (Å²) in [4.78, 5) is 10.0. The number of hydrogen-bond acceptors (Lipinski definition) is 4.